The number of aryl methyl sites for hydroxylation is 3. The summed E-state index contributed by atoms with van der Waals surface area (Å²) in [5.41, 5.74) is 3.64. The topological polar surface area (TPSA) is 53.6 Å². The Morgan fingerprint density at radius 3 is 2.58 bits per heavy atom. The molecule has 1 N–H and O–H groups in total. The Labute approximate surface area is 113 Å². The van der Waals surface area contributed by atoms with E-state index in [-0.39, 0.29) is 0 Å². The molecule has 0 unspecified atom stereocenters. The van der Waals surface area contributed by atoms with Crippen LogP contribution in [0.1, 0.15) is 30.2 Å². The summed E-state index contributed by atoms with van der Waals surface area (Å²) in [6.45, 7) is 4.01. The predicted octanol–water partition coefficient (Wildman–Crippen LogP) is 3.30. The highest BCUT2D eigenvalue weighted by Crippen LogP contribution is 2.22. The van der Waals surface area contributed by atoms with Crippen LogP contribution in [0.5, 0.6) is 0 Å². The van der Waals surface area contributed by atoms with Crippen LogP contribution in [0.15, 0.2) is 24.3 Å². The quantitative estimate of drug-likeness (QED) is 0.910. The van der Waals surface area contributed by atoms with Gasteiger partial charge < -0.3 is 5.32 Å². The van der Waals surface area contributed by atoms with Crippen molar-refractivity contribution in [1.82, 2.24) is 9.78 Å². The molecule has 1 heterocycles. The molecule has 0 radical (unpaired) electrons. The van der Waals surface area contributed by atoms with Crippen LogP contribution in [0, 0.1) is 18.3 Å². The van der Waals surface area contributed by atoms with E-state index in [4.69, 9.17) is 5.26 Å². The van der Waals surface area contributed by atoms with Gasteiger partial charge in [-0.2, -0.15) is 10.4 Å². The Morgan fingerprint density at radius 2 is 2.00 bits per heavy atom. The zero-order valence-electron chi connectivity index (χ0n) is 11.6. The lowest BCUT2D eigenvalue weighted by Gasteiger charge is -2.08. The highest BCUT2D eigenvalue weighted by atomic mass is 15.3. The molecule has 98 valence electrons. The number of anilines is 2. The van der Waals surface area contributed by atoms with Gasteiger partial charge in [0.15, 0.2) is 0 Å². The van der Waals surface area contributed by atoms with Crippen LogP contribution in [-0.2, 0) is 13.5 Å². The smallest absolute Gasteiger partial charge is 0.146 e. The fourth-order valence-electron chi connectivity index (χ4n) is 2.12. The molecule has 2 aromatic rings. The number of nitriles is 1. The summed E-state index contributed by atoms with van der Waals surface area (Å²) in [6, 6.07) is 10.5. The van der Waals surface area contributed by atoms with E-state index in [9.17, 15) is 0 Å². The average Bonchev–Trinajstić information content (AvgIpc) is 2.66. The van der Waals surface area contributed by atoms with Crippen LogP contribution in [0.4, 0.5) is 11.5 Å². The van der Waals surface area contributed by atoms with Crippen LogP contribution >= 0.6 is 0 Å². The minimum absolute atomic E-state index is 0.597. The highest BCUT2D eigenvalue weighted by molar-refractivity contribution is 5.64. The van der Waals surface area contributed by atoms with Crippen molar-refractivity contribution in [2.24, 2.45) is 7.05 Å². The average molecular weight is 254 g/mol. The summed E-state index contributed by atoms with van der Waals surface area (Å²) in [7, 11) is 1.83. The first kappa shape index (κ1) is 13.2. The molecule has 0 bridgehead atoms. The van der Waals surface area contributed by atoms with Crippen LogP contribution < -0.4 is 5.32 Å². The van der Waals surface area contributed by atoms with Gasteiger partial charge in [-0.05, 0) is 31.0 Å². The molecule has 1 aromatic heterocycles. The van der Waals surface area contributed by atoms with Gasteiger partial charge in [-0.25, -0.2) is 0 Å². The molecule has 0 aliphatic carbocycles. The number of aromatic nitrogens is 2. The third-order valence-electron chi connectivity index (χ3n) is 3.09. The van der Waals surface area contributed by atoms with Gasteiger partial charge in [0.2, 0.25) is 0 Å². The highest BCUT2D eigenvalue weighted by Gasteiger charge is 2.12. The molecule has 0 fully saturated rings. The van der Waals surface area contributed by atoms with Gasteiger partial charge in [0.25, 0.3) is 0 Å². The second-order valence-electron chi connectivity index (χ2n) is 4.62. The van der Waals surface area contributed by atoms with E-state index in [0.717, 1.165) is 30.0 Å². The largest absolute Gasteiger partial charge is 0.339 e. The summed E-state index contributed by atoms with van der Waals surface area (Å²) in [6.07, 6.45) is 2.24. The second-order valence-corrected chi connectivity index (χ2v) is 4.62. The molecule has 0 atom stereocenters. The zero-order chi connectivity index (χ0) is 13.8. The molecule has 0 aliphatic rings. The molecule has 4 nitrogen and oxygen atoms in total. The molecule has 0 saturated carbocycles. The summed E-state index contributed by atoms with van der Waals surface area (Å²) < 4.78 is 1.70. The summed E-state index contributed by atoms with van der Waals surface area (Å²) in [5, 5.41) is 16.7. The Balaban J connectivity index is 2.24. The van der Waals surface area contributed by atoms with Crippen molar-refractivity contribution in [3.8, 4) is 6.07 Å². The van der Waals surface area contributed by atoms with E-state index < -0.39 is 0 Å². The minimum Gasteiger partial charge on any atom is -0.339 e. The van der Waals surface area contributed by atoms with E-state index >= 15 is 0 Å². The maximum Gasteiger partial charge on any atom is 0.146 e. The van der Waals surface area contributed by atoms with Gasteiger partial charge in [0, 0.05) is 12.7 Å². The summed E-state index contributed by atoms with van der Waals surface area (Å²) >= 11 is 0. The van der Waals surface area contributed by atoms with Crippen molar-refractivity contribution in [3.05, 3.63) is 41.1 Å². The van der Waals surface area contributed by atoms with E-state index in [1.54, 1.807) is 4.68 Å². The molecule has 0 spiro atoms. The molecule has 2 rings (SSSR count). The monoisotopic (exact) mass is 254 g/mol. The Hall–Kier alpha value is -2.28. The van der Waals surface area contributed by atoms with Crippen molar-refractivity contribution in [3.63, 3.8) is 0 Å². The van der Waals surface area contributed by atoms with Gasteiger partial charge in [-0.3, -0.25) is 4.68 Å². The molecule has 0 saturated heterocycles. The first-order valence-corrected chi connectivity index (χ1v) is 6.45. The first-order chi connectivity index (χ1) is 9.15. The fourth-order valence-corrected chi connectivity index (χ4v) is 2.12. The van der Waals surface area contributed by atoms with Crippen molar-refractivity contribution in [1.29, 1.82) is 5.26 Å². The van der Waals surface area contributed by atoms with Crippen LogP contribution in [0.2, 0.25) is 0 Å². The second kappa shape index (κ2) is 5.57. The molecule has 0 amide bonds. The van der Waals surface area contributed by atoms with Gasteiger partial charge in [-0.1, -0.05) is 25.5 Å². The van der Waals surface area contributed by atoms with Crippen molar-refractivity contribution < 1.29 is 0 Å². The lowest BCUT2D eigenvalue weighted by molar-refractivity contribution is 0.765. The molecule has 19 heavy (non-hydrogen) atoms. The van der Waals surface area contributed by atoms with Crippen LogP contribution in [0.25, 0.3) is 0 Å². The van der Waals surface area contributed by atoms with Gasteiger partial charge in [0.05, 0.1) is 5.69 Å². The van der Waals surface area contributed by atoms with E-state index in [1.807, 2.05) is 26.1 Å². The lowest BCUT2D eigenvalue weighted by atomic mass is 10.1. The fraction of sp³-hybridized carbons (Fsp3) is 0.333. The SMILES string of the molecule is CCCc1ccc(Nc2c(C#N)c(C)nn2C)cc1. The van der Waals surface area contributed by atoms with E-state index in [1.165, 1.54) is 5.56 Å². The molecular formula is C15H18N4. The van der Waals surface area contributed by atoms with Crippen LogP contribution in [-0.4, -0.2) is 9.78 Å². The number of nitrogens with zero attached hydrogens (tertiary/aromatic N) is 3. The Bertz CT molecular complexity index is 602. The number of hydrogen-bond donors (Lipinski definition) is 1. The van der Waals surface area contributed by atoms with E-state index in [2.05, 4.69) is 35.5 Å². The Morgan fingerprint density at radius 1 is 1.32 bits per heavy atom. The predicted molar refractivity (Wildman–Crippen MR) is 76.4 cm³/mol. The third-order valence-corrected chi connectivity index (χ3v) is 3.09. The van der Waals surface area contributed by atoms with E-state index in [0.29, 0.717) is 5.56 Å². The van der Waals surface area contributed by atoms with Crippen molar-refractivity contribution >= 4 is 11.5 Å². The molecule has 4 heteroatoms. The van der Waals surface area contributed by atoms with Crippen molar-refractivity contribution in [2.75, 3.05) is 5.32 Å². The van der Waals surface area contributed by atoms with Crippen LogP contribution in [0.3, 0.4) is 0 Å². The number of benzene rings is 1. The van der Waals surface area contributed by atoms with Gasteiger partial charge >= 0.3 is 0 Å². The summed E-state index contributed by atoms with van der Waals surface area (Å²) in [5.74, 6) is 0.739. The Kier molecular flexibility index (Phi) is 3.86. The third kappa shape index (κ3) is 2.76. The van der Waals surface area contributed by atoms with Crippen molar-refractivity contribution in [2.45, 2.75) is 26.7 Å². The number of nitrogens with one attached hydrogen (secondary N) is 1. The van der Waals surface area contributed by atoms with Gasteiger partial charge in [-0.15, -0.1) is 0 Å². The maximum absolute atomic E-state index is 9.16. The normalized spacial score (nSPS) is 10.2. The maximum atomic E-state index is 9.16. The minimum atomic E-state index is 0.597. The number of rotatable bonds is 4. The molecule has 0 aliphatic heterocycles. The molecular weight excluding hydrogens is 236 g/mol. The molecule has 1 aromatic carbocycles. The first-order valence-electron chi connectivity index (χ1n) is 6.45. The number of hydrogen-bond acceptors (Lipinski definition) is 3. The summed E-state index contributed by atoms with van der Waals surface area (Å²) in [4.78, 5) is 0. The van der Waals surface area contributed by atoms with Gasteiger partial charge in [0.1, 0.15) is 17.5 Å². The standard InChI is InChI=1S/C15H18N4/c1-4-5-12-6-8-13(9-7-12)17-15-14(10-16)11(2)18-19(15)3/h6-9,17H,4-5H2,1-3H3. The lowest BCUT2D eigenvalue weighted by Crippen LogP contribution is -2.00. The zero-order valence-corrected chi connectivity index (χ0v) is 11.6.